The summed E-state index contributed by atoms with van der Waals surface area (Å²) in [5.41, 5.74) is 0.861. The molecule has 0 fully saturated rings. The van der Waals surface area contributed by atoms with Crippen molar-refractivity contribution in [1.82, 2.24) is 9.97 Å². The van der Waals surface area contributed by atoms with E-state index >= 15 is 0 Å². The molecule has 0 saturated carbocycles. The molecule has 0 atom stereocenters. The van der Waals surface area contributed by atoms with Gasteiger partial charge >= 0.3 is 0 Å². The first-order valence-electron chi connectivity index (χ1n) is 4.39. The minimum atomic E-state index is -0.330. The van der Waals surface area contributed by atoms with Gasteiger partial charge < -0.3 is 0 Å². The summed E-state index contributed by atoms with van der Waals surface area (Å²) in [5.74, 6) is 0.0347. The summed E-state index contributed by atoms with van der Waals surface area (Å²) < 4.78 is 12.7. The van der Waals surface area contributed by atoms with Gasteiger partial charge in [-0.3, -0.25) is 0 Å². The Kier molecular flexibility index (Phi) is 2.80. The van der Waals surface area contributed by atoms with Gasteiger partial charge in [0.15, 0.2) is 11.0 Å². The molecule has 0 spiro atoms. The van der Waals surface area contributed by atoms with Gasteiger partial charge in [0.1, 0.15) is 17.4 Å². The molecule has 0 aliphatic carbocycles. The standard InChI is InChI=1S/C11H5ClFN3/c12-10-8(5-14)6-15-11(16-10)7-1-3-9(13)4-2-7/h1-4,6H. The second-order valence-corrected chi connectivity index (χ2v) is 3.37. The van der Waals surface area contributed by atoms with Crippen molar-refractivity contribution in [2.75, 3.05) is 0 Å². The van der Waals surface area contributed by atoms with Crippen molar-refractivity contribution in [3.8, 4) is 17.5 Å². The van der Waals surface area contributed by atoms with Gasteiger partial charge in [0.05, 0.1) is 6.20 Å². The fourth-order valence-corrected chi connectivity index (χ4v) is 1.35. The fourth-order valence-electron chi connectivity index (χ4n) is 1.17. The number of hydrogen-bond acceptors (Lipinski definition) is 3. The Morgan fingerprint density at radius 3 is 2.50 bits per heavy atom. The van der Waals surface area contributed by atoms with E-state index in [9.17, 15) is 4.39 Å². The topological polar surface area (TPSA) is 49.6 Å². The molecule has 2 aromatic rings. The Bertz CT molecular complexity index is 560. The van der Waals surface area contributed by atoms with Crippen LogP contribution in [0.5, 0.6) is 0 Å². The molecule has 0 aliphatic heterocycles. The maximum absolute atomic E-state index is 12.7. The summed E-state index contributed by atoms with van der Waals surface area (Å²) in [6.45, 7) is 0. The van der Waals surface area contributed by atoms with Crippen molar-refractivity contribution >= 4 is 11.6 Å². The van der Waals surface area contributed by atoms with Crippen molar-refractivity contribution in [3.63, 3.8) is 0 Å². The highest BCUT2D eigenvalue weighted by Gasteiger charge is 2.06. The van der Waals surface area contributed by atoms with E-state index in [1.807, 2.05) is 6.07 Å². The highest BCUT2D eigenvalue weighted by molar-refractivity contribution is 6.30. The lowest BCUT2D eigenvalue weighted by molar-refractivity contribution is 0.628. The highest BCUT2D eigenvalue weighted by Crippen LogP contribution is 2.18. The van der Waals surface area contributed by atoms with E-state index in [1.165, 1.54) is 18.3 Å². The van der Waals surface area contributed by atoms with E-state index < -0.39 is 0 Å². The first kappa shape index (κ1) is 10.5. The second-order valence-electron chi connectivity index (χ2n) is 3.02. The second kappa shape index (κ2) is 4.25. The zero-order chi connectivity index (χ0) is 11.5. The van der Waals surface area contributed by atoms with Crippen LogP contribution in [-0.4, -0.2) is 9.97 Å². The molecule has 1 heterocycles. The summed E-state index contributed by atoms with van der Waals surface area (Å²) >= 11 is 5.76. The average molecular weight is 234 g/mol. The Labute approximate surface area is 96.2 Å². The van der Waals surface area contributed by atoms with Crippen LogP contribution in [0.25, 0.3) is 11.4 Å². The number of halogens is 2. The van der Waals surface area contributed by atoms with Crippen LogP contribution < -0.4 is 0 Å². The van der Waals surface area contributed by atoms with Gasteiger partial charge in [-0.1, -0.05) is 11.6 Å². The summed E-state index contributed by atoms with van der Waals surface area (Å²) in [5, 5.41) is 8.75. The minimum absolute atomic E-state index is 0.0943. The van der Waals surface area contributed by atoms with Crippen LogP contribution in [-0.2, 0) is 0 Å². The molecule has 0 radical (unpaired) electrons. The zero-order valence-corrected chi connectivity index (χ0v) is 8.74. The van der Waals surface area contributed by atoms with E-state index in [1.54, 1.807) is 12.1 Å². The SMILES string of the molecule is N#Cc1cnc(-c2ccc(F)cc2)nc1Cl. The fraction of sp³-hybridized carbons (Fsp3) is 0. The van der Waals surface area contributed by atoms with Crippen molar-refractivity contribution in [2.24, 2.45) is 0 Å². The van der Waals surface area contributed by atoms with Crippen LogP contribution >= 0.6 is 11.6 Å². The third-order valence-electron chi connectivity index (χ3n) is 1.97. The molecule has 1 aromatic carbocycles. The van der Waals surface area contributed by atoms with E-state index in [0.717, 1.165) is 0 Å². The number of benzene rings is 1. The Morgan fingerprint density at radius 1 is 1.25 bits per heavy atom. The Morgan fingerprint density at radius 2 is 1.94 bits per heavy atom. The predicted octanol–water partition coefficient (Wildman–Crippen LogP) is 2.81. The molecule has 0 saturated heterocycles. The molecule has 5 heteroatoms. The molecule has 0 N–H and O–H groups in total. The maximum atomic E-state index is 12.7. The third-order valence-corrected chi connectivity index (χ3v) is 2.25. The van der Waals surface area contributed by atoms with E-state index in [2.05, 4.69) is 9.97 Å². The maximum Gasteiger partial charge on any atom is 0.160 e. The van der Waals surface area contributed by atoms with Gasteiger partial charge in [0, 0.05) is 5.56 Å². The molecule has 78 valence electrons. The Balaban J connectivity index is 2.46. The first-order chi connectivity index (χ1) is 7.70. The molecule has 0 unspecified atom stereocenters. The van der Waals surface area contributed by atoms with Gasteiger partial charge in [0.2, 0.25) is 0 Å². The number of nitrogens with zero attached hydrogens (tertiary/aromatic N) is 3. The molecule has 3 nitrogen and oxygen atoms in total. The molecular weight excluding hydrogens is 229 g/mol. The lowest BCUT2D eigenvalue weighted by atomic mass is 10.2. The lowest BCUT2D eigenvalue weighted by Crippen LogP contribution is -1.92. The first-order valence-corrected chi connectivity index (χ1v) is 4.77. The predicted molar refractivity (Wildman–Crippen MR) is 57.2 cm³/mol. The molecule has 16 heavy (non-hydrogen) atoms. The largest absolute Gasteiger partial charge is 0.235 e. The van der Waals surface area contributed by atoms with Crippen LogP contribution in [0.15, 0.2) is 30.5 Å². The van der Waals surface area contributed by atoms with Crippen LogP contribution in [0.1, 0.15) is 5.56 Å². The highest BCUT2D eigenvalue weighted by atomic mass is 35.5. The number of aromatic nitrogens is 2. The quantitative estimate of drug-likeness (QED) is 0.712. The monoisotopic (exact) mass is 233 g/mol. The van der Waals surface area contributed by atoms with Crippen molar-refractivity contribution in [1.29, 1.82) is 5.26 Å². The normalized spacial score (nSPS) is 9.81. The molecule has 0 bridgehead atoms. The van der Waals surface area contributed by atoms with E-state index in [4.69, 9.17) is 16.9 Å². The summed E-state index contributed by atoms with van der Waals surface area (Å²) in [6, 6.07) is 7.58. The molecule has 1 aromatic heterocycles. The number of rotatable bonds is 1. The van der Waals surface area contributed by atoms with Gasteiger partial charge in [-0.2, -0.15) is 5.26 Å². The van der Waals surface area contributed by atoms with Crippen LogP contribution in [0, 0.1) is 17.1 Å². The number of nitriles is 1. The lowest BCUT2D eigenvalue weighted by Gasteiger charge is -2.00. The summed E-state index contributed by atoms with van der Waals surface area (Å²) in [6.07, 6.45) is 1.34. The van der Waals surface area contributed by atoms with Crippen molar-refractivity contribution < 1.29 is 4.39 Å². The van der Waals surface area contributed by atoms with Crippen molar-refractivity contribution in [3.05, 3.63) is 47.0 Å². The average Bonchev–Trinajstić information content (AvgIpc) is 2.30. The molecular formula is C11H5ClFN3. The van der Waals surface area contributed by atoms with Crippen LogP contribution in [0.4, 0.5) is 4.39 Å². The van der Waals surface area contributed by atoms with E-state index in [0.29, 0.717) is 11.4 Å². The summed E-state index contributed by atoms with van der Waals surface area (Å²) in [7, 11) is 0. The summed E-state index contributed by atoms with van der Waals surface area (Å²) in [4.78, 5) is 7.92. The smallest absolute Gasteiger partial charge is 0.160 e. The number of hydrogen-bond donors (Lipinski definition) is 0. The van der Waals surface area contributed by atoms with Crippen molar-refractivity contribution in [2.45, 2.75) is 0 Å². The molecule has 2 rings (SSSR count). The van der Waals surface area contributed by atoms with Gasteiger partial charge in [-0.25, -0.2) is 14.4 Å². The molecule has 0 aliphatic rings. The van der Waals surface area contributed by atoms with Gasteiger partial charge in [0.25, 0.3) is 0 Å². The Hall–Kier alpha value is -1.99. The van der Waals surface area contributed by atoms with Gasteiger partial charge in [-0.05, 0) is 24.3 Å². The van der Waals surface area contributed by atoms with Crippen LogP contribution in [0.2, 0.25) is 5.15 Å². The van der Waals surface area contributed by atoms with Crippen LogP contribution in [0.3, 0.4) is 0 Å². The minimum Gasteiger partial charge on any atom is -0.235 e. The zero-order valence-electron chi connectivity index (χ0n) is 7.98. The third kappa shape index (κ3) is 2.00. The van der Waals surface area contributed by atoms with Gasteiger partial charge in [-0.15, -0.1) is 0 Å². The van der Waals surface area contributed by atoms with E-state index in [-0.39, 0.29) is 16.5 Å². The molecule has 0 amide bonds.